The maximum absolute atomic E-state index is 12.9. The molecule has 0 saturated carbocycles. The Morgan fingerprint density at radius 1 is 1.21 bits per heavy atom. The summed E-state index contributed by atoms with van der Waals surface area (Å²) in [5.41, 5.74) is 1.73. The summed E-state index contributed by atoms with van der Waals surface area (Å²) in [5, 5.41) is 10.5. The Balaban J connectivity index is 2.44. The fourth-order valence-corrected chi connectivity index (χ4v) is 2.07. The van der Waals surface area contributed by atoms with E-state index in [2.05, 4.69) is 4.99 Å². The number of esters is 1. The molecule has 24 heavy (non-hydrogen) atoms. The number of rotatable bonds is 5. The zero-order valence-electron chi connectivity index (χ0n) is 13.5. The molecule has 0 bridgehead atoms. The average molecular weight is 327 g/mol. The molecular formula is C19H18FNO3. The van der Waals surface area contributed by atoms with E-state index in [-0.39, 0.29) is 23.8 Å². The molecule has 0 amide bonds. The number of halogens is 1. The molecule has 0 unspecified atom stereocenters. The SMILES string of the molecule is CCOC(=O)C(C=Nc1ccc(F)cc1)=C(O)c1ccccc1C. The summed E-state index contributed by atoms with van der Waals surface area (Å²) < 4.78 is 17.9. The molecule has 4 nitrogen and oxygen atoms in total. The summed E-state index contributed by atoms with van der Waals surface area (Å²) in [5.74, 6) is -1.26. The fraction of sp³-hybridized carbons (Fsp3) is 0.158. The van der Waals surface area contributed by atoms with Gasteiger partial charge in [-0.15, -0.1) is 0 Å². The van der Waals surface area contributed by atoms with Gasteiger partial charge in [0.05, 0.1) is 12.3 Å². The van der Waals surface area contributed by atoms with E-state index in [1.165, 1.54) is 30.5 Å². The van der Waals surface area contributed by atoms with Crippen LogP contribution in [0.3, 0.4) is 0 Å². The number of carbonyl (C=O) groups excluding carboxylic acids is 1. The molecular weight excluding hydrogens is 309 g/mol. The number of aryl methyl sites for hydroxylation is 1. The maximum Gasteiger partial charge on any atom is 0.343 e. The molecule has 0 atom stereocenters. The quantitative estimate of drug-likeness (QED) is 0.384. The van der Waals surface area contributed by atoms with E-state index in [9.17, 15) is 14.3 Å². The standard InChI is InChI=1S/C19H18FNO3/c1-3-24-19(23)17(12-21-15-10-8-14(20)9-11-15)18(22)16-7-5-4-6-13(16)2/h4-12,22H,3H2,1-2H3. The van der Waals surface area contributed by atoms with Crippen molar-refractivity contribution in [3.8, 4) is 0 Å². The minimum atomic E-state index is -0.677. The van der Waals surface area contributed by atoms with Gasteiger partial charge in [-0.05, 0) is 43.7 Å². The first-order valence-electron chi connectivity index (χ1n) is 7.49. The second kappa shape index (κ2) is 8.06. The van der Waals surface area contributed by atoms with Crippen molar-refractivity contribution in [1.82, 2.24) is 0 Å². The van der Waals surface area contributed by atoms with Gasteiger partial charge in [-0.2, -0.15) is 0 Å². The highest BCUT2D eigenvalue weighted by Crippen LogP contribution is 2.21. The van der Waals surface area contributed by atoms with E-state index in [1.807, 2.05) is 19.1 Å². The molecule has 0 aliphatic heterocycles. The van der Waals surface area contributed by atoms with Crippen molar-refractivity contribution in [1.29, 1.82) is 0 Å². The summed E-state index contributed by atoms with van der Waals surface area (Å²) in [6, 6.07) is 12.6. The third kappa shape index (κ3) is 4.29. The number of nitrogens with zero attached hydrogens (tertiary/aromatic N) is 1. The fourth-order valence-electron chi connectivity index (χ4n) is 2.07. The highest BCUT2D eigenvalue weighted by Gasteiger charge is 2.17. The van der Waals surface area contributed by atoms with E-state index in [4.69, 9.17) is 4.74 Å². The van der Waals surface area contributed by atoms with E-state index < -0.39 is 5.97 Å². The number of aliphatic imine (C=N–C) groups is 1. The predicted molar refractivity (Wildman–Crippen MR) is 91.9 cm³/mol. The highest BCUT2D eigenvalue weighted by atomic mass is 19.1. The Morgan fingerprint density at radius 2 is 1.88 bits per heavy atom. The Kier molecular flexibility index (Phi) is 5.84. The van der Waals surface area contributed by atoms with Crippen molar-refractivity contribution in [2.75, 3.05) is 6.61 Å². The number of carbonyl (C=O) groups is 1. The smallest absolute Gasteiger partial charge is 0.343 e. The molecule has 0 spiro atoms. The molecule has 124 valence electrons. The number of aliphatic hydroxyl groups excluding tert-OH is 1. The van der Waals surface area contributed by atoms with Crippen LogP contribution in [0, 0.1) is 12.7 Å². The van der Waals surface area contributed by atoms with Crippen LogP contribution >= 0.6 is 0 Å². The summed E-state index contributed by atoms with van der Waals surface area (Å²) in [4.78, 5) is 16.3. The lowest BCUT2D eigenvalue weighted by Crippen LogP contribution is -2.11. The van der Waals surface area contributed by atoms with Crippen LogP contribution in [0.4, 0.5) is 10.1 Å². The van der Waals surface area contributed by atoms with Crippen LogP contribution in [-0.2, 0) is 9.53 Å². The molecule has 0 heterocycles. The van der Waals surface area contributed by atoms with Gasteiger partial charge in [-0.1, -0.05) is 24.3 Å². The zero-order valence-corrected chi connectivity index (χ0v) is 13.5. The molecule has 0 aliphatic rings. The normalized spacial score (nSPS) is 12.1. The summed E-state index contributed by atoms with van der Waals surface area (Å²) in [6.45, 7) is 3.68. The molecule has 2 aromatic carbocycles. The van der Waals surface area contributed by atoms with Gasteiger partial charge in [0.2, 0.25) is 0 Å². The van der Waals surface area contributed by atoms with Crippen molar-refractivity contribution < 1.29 is 19.0 Å². The molecule has 0 radical (unpaired) electrons. The Labute approximate surface area is 139 Å². The van der Waals surface area contributed by atoms with E-state index in [0.29, 0.717) is 11.3 Å². The first kappa shape index (κ1) is 17.4. The second-order valence-corrected chi connectivity index (χ2v) is 5.03. The minimum Gasteiger partial charge on any atom is -0.506 e. The molecule has 0 aliphatic carbocycles. The lowest BCUT2D eigenvalue weighted by molar-refractivity contribution is -0.137. The zero-order chi connectivity index (χ0) is 17.5. The first-order valence-corrected chi connectivity index (χ1v) is 7.49. The van der Waals surface area contributed by atoms with Crippen LogP contribution in [-0.4, -0.2) is 23.9 Å². The summed E-state index contributed by atoms with van der Waals surface area (Å²) >= 11 is 0. The third-order valence-corrected chi connectivity index (χ3v) is 3.32. The van der Waals surface area contributed by atoms with Gasteiger partial charge >= 0.3 is 5.97 Å². The average Bonchev–Trinajstić information content (AvgIpc) is 2.57. The lowest BCUT2D eigenvalue weighted by atomic mass is 10.0. The summed E-state index contributed by atoms with van der Waals surface area (Å²) in [6.07, 6.45) is 1.23. The largest absolute Gasteiger partial charge is 0.506 e. The predicted octanol–water partition coefficient (Wildman–Crippen LogP) is 4.37. The molecule has 0 saturated heterocycles. The molecule has 1 N–H and O–H groups in total. The number of hydrogen-bond acceptors (Lipinski definition) is 4. The highest BCUT2D eigenvalue weighted by molar-refractivity contribution is 6.15. The van der Waals surface area contributed by atoms with Crippen LogP contribution in [0.25, 0.3) is 5.76 Å². The van der Waals surface area contributed by atoms with Gasteiger partial charge in [-0.25, -0.2) is 9.18 Å². The lowest BCUT2D eigenvalue weighted by Gasteiger charge is -2.09. The molecule has 2 aromatic rings. The van der Waals surface area contributed by atoms with Crippen LogP contribution in [0.5, 0.6) is 0 Å². The Bertz CT molecular complexity index is 779. The van der Waals surface area contributed by atoms with Crippen molar-refractivity contribution in [3.63, 3.8) is 0 Å². The maximum atomic E-state index is 12.9. The minimum absolute atomic E-state index is 0.0597. The van der Waals surface area contributed by atoms with Crippen LogP contribution in [0.15, 0.2) is 59.1 Å². The summed E-state index contributed by atoms with van der Waals surface area (Å²) in [7, 11) is 0. The third-order valence-electron chi connectivity index (χ3n) is 3.32. The van der Waals surface area contributed by atoms with Gasteiger partial charge in [0, 0.05) is 11.8 Å². The van der Waals surface area contributed by atoms with Crippen molar-refractivity contribution in [2.24, 2.45) is 4.99 Å². The molecule has 2 rings (SSSR count). The number of ether oxygens (including phenoxy) is 1. The van der Waals surface area contributed by atoms with Crippen LogP contribution in [0.1, 0.15) is 18.1 Å². The van der Waals surface area contributed by atoms with E-state index >= 15 is 0 Å². The molecule has 0 aromatic heterocycles. The van der Waals surface area contributed by atoms with Gasteiger partial charge in [-0.3, -0.25) is 4.99 Å². The number of aliphatic hydroxyl groups is 1. The molecule has 0 fully saturated rings. The van der Waals surface area contributed by atoms with E-state index in [0.717, 1.165) is 5.56 Å². The van der Waals surface area contributed by atoms with Crippen LogP contribution < -0.4 is 0 Å². The van der Waals surface area contributed by atoms with Gasteiger partial charge < -0.3 is 9.84 Å². The van der Waals surface area contributed by atoms with Crippen LogP contribution in [0.2, 0.25) is 0 Å². The van der Waals surface area contributed by atoms with Gasteiger partial charge in [0.1, 0.15) is 17.1 Å². The Morgan fingerprint density at radius 3 is 2.50 bits per heavy atom. The second-order valence-electron chi connectivity index (χ2n) is 5.03. The van der Waals surface area contributed by atoms with Gasteiger partial charge in [0.15, 0.2) is 0 Å². The number of benzene rings is 2. The van der Waals surface area contributed by atoms with Crippen molar-refractivity contribution >= 4 is 23.6 Å². The van der Waals surface area contributed by atoms with E-state index in [1.54, 1.807) is 19.1 Å². The van der Waals surface area contributed by atoms with Crippen molar-refractivity contribution in [3.05, 3.63) is 71.0 Å². The first-order chi connectivity index (χ1) is 11.5. The Hall–Kier alpha value is -2.95. The number of hydrogen-bond donors (Lipinski definition) is 1. The molecule has 5 heteroatoms. The monoisotopic (exact) mass is 327 g/mol. The van der Waals surface area contributed by atoms with Gasteiger partial charge in [0.25, 0.3) is 0 Å². The van der Waals surface area contributed by atoms with Crippen molar-refractivity contribution in [2.45, 2.75) is 13.8 Å². The topological polar surface area (TPSA) is 58.9 Å².